The van der Waals surface area contributed by atoms with Crippen LogP contribution in [-0.4, -0.2) is 25.3 Å². The van der Waals surface area contributed by atoms with Gasteiger partial charge in [-0.05, 0) is 19.1 Å². The Morgan fingerprint density at radius 3 is 3.00 bits per heavy atom. The number of carbonyl (C=O) groups excluding carboxylic acids is 2. The van der Waals surface area contributed by atoms with Gasteiger partial charge in [-0.1, -0.05) is 12.1 Å². The first-order valence-electron chi connectivity index (χ1n) is 4.71. The molecule has 0 spiro atoms. The van der Waals surface area contributed by atoms with Crippen molar-refractivity contribution in [3.8, 4) is 5.75 Å². The van der Waals surface area contributed by atoms with Gasteiger partial charge in [0.15, 0.2) is 6.61 Å². The van der Waals surface area contributed by atoms with Crippen molar-refractivity contribution in [3.05, 3.63) is 29.8 Å². The largest absolute Gasteiger partial charge is 0.484 e. The fourth-order valence-corrected chi connectivity index (χ4v) is 1.07. The van der Waals surface area contributed by atoms with E-state index in [1.807, 2.05) is 6.92 Å². The van der Waals surface area contributed by atoms with E-state index in [0.717, 1.165) is 6.29 Å². The molecule has 4 nitrogen and oxygen atoms in total. The molecular weight excluding hydrogens is 194 g/mol. The summed E-state index contributed by atoms with van der Waals surface area (Å²) in [6.07, 6.45) is 0.735. The van der Waals surface area contributed by atoms with Crippen molar-refractivity contribution in [1.82, 2.24) is 5.32 Å². The Morgan fingerprint density at radius 1 is 1.53 bits per heavy atom. The average Bonchev–Trinajstić information content (AvgIpc) is 2.27. The summed E-state index contributed by atoms with van der Waals surface area (Å²) in [5.41, 5.74) is 0.531. The minimum Gasteiger partial charge on any atom is -0.484 e. The number of likely N-dealkylation sites (N-methyl/N-ethyl adjacent to an activating group) is 1. The van der Waals surface area contributed by atoms with Crippen molar-refractivity contribution in [3.63, 3.8) is 0 Å². The average molecular weight is 207 g/mol. The first-order chi connectivity index (χ1) is 7.26. The van der Waals surface area contributed by atoms with Gasteiger partial charge in [0.1, 0.15) is 12.0 Å². The van der Waals surface area contributed by atoms with Gasteiger partial charge in [0, 0.05) is 12.1 Å². The third-order valence-electron chi connectivity index (χ3n) is 1.74. The van der Waals surface area contributed by atoms with Gasteiger partial charge < -0.3 is 10.1 Å². The Kier molecular flexibility index (Phi) is 4.34. The number of amides is 1. The molecule has 1 rings (SSSR count). The zero-order valence-electron chi connectivity index (χ0n) is 8.53. The Hall–Kier alpha value is -1.84. The van der Waals surface area contributed by atoms with E-state index in [9.17, 15) is 9.59 Å². The number of aldehydes is 1. The molecule has 0 heterocycles. The molecule has 0 unspecified atom stereocenters. The number of rotatable bonds is 5. The lowest BCUT2D eigenvalue weighted by Crippen LogP contribution is -2.28. The van der Waals surface area contributed by atoms with Crippen molar-refractivity contribution >= 4 is 12.2 Å². The molecule has 4 heteroatoms. The Balaban J connectivity index is 2.50. The molecule has 0 fully saturated rings. The molecule has 0 aliphatic heterocycles. The monoisotopic (exact) mass is 207 g/mol. The molecule has 15 heavy (non-hydrogen) atoms. The second-order valence-electron chi connectivity index (χ2n) is 2.93. The van der Waals surface area contributed by atoms with Crippen LogP contribution in [0.1, 0.15) is 17.3 Å². The summed E-state index contributed by atoms with van der Waals surface area (Å²) in [5.74, 6) is 0.347. The second-order valence-corrected chi connectivity index (χ2v) is 2.93. The number of hydrogen-bond donors (Lipinski definition) is 1. The molecule has 0 aromatic heterocycles. The highest BCUT2D eigenvalue weighted by Gasteiger charge is 2.01. The van der Waals surface area contributed by atoms with E-state index in [-0.39, 0.29) is 12.5 Å². The zero-order chi connectivity index (χ0) is 11.1. The fraction of sp³-hybridized carbons (Fsp3) is 0.273. The van der Waals surface area contributed by atoms with Gasteiger partial charge in [-0.25, -0.2) is 0 Å². The predicted octanol–water partition coefficient (Wildman–Crippen LogP) is 1.01. The molecule has 0 bridgehead atoms. The van der Waals surface area contributed by atoms with Gasteiger partial charge in [0.2, 0.25) is 0 Å². The molecule has 1 N–H and O–H groups in total. The maximum absolute atomic E-state index is 11.1. The van der Waals surface area contributed by atoms with Gasteiger partial charge in [-0.3, -0.25) is 9.59 Å². The summed E-state index contributed by atoms with van der Waals surface area (Å²) in [5, 5.41) is 2.61. The van der Waals surface area contributed by atoms with Gasteiger partial charge in [-0.15, -0.1) is 0 Å². The van der Waals surface area contributed by atoms with E-state index in [4.69, 9.17) is 4.74 Å². The van der Waals surface area contributed by atoms with Crippen molar-refractivity contribution in [2.75, 3.05) is 13.2 Å². The zero-order valence-corrected chi connectivity index (χ0v) is 8.53. The number of nitrogens with one attached hydrogen (secondary N) is 1. The topological polar surface area (TPSA) is 55.4 Å². The summed E-state index contributed by atoms with van der Waals surface area (Å²) in [6.45, 7) is 2.39. The molecule has 0 saturated heterocycles. The lowest BCUT2D eigenvalue weighted by molar-refractivity contribution is -0.122. The van der Waals surface area contributed by atoms with Crippen LogP contribution >= 0.6 is 0 Å². The van der Waals surface area contributed by atoms with Crippen LogP contribution < -0.4 is 10.1 Å². The van der Waals surface area contributed by atoms with E-state index < -0.39 is 0 Å². The summed E-state index contributed by atoms with van der Waals surface area (Å²) in [4.78, 5) is 21.5. The molecule has 0 saturated carbocycles. The van der Waals surface area contributed by atoms with Crippen molar-refractivity contribution in [2.24, 2.45) is 0 Å². The van der Waals surface area contributed by atoms with E-state index in [1.54, 1.807) is 24.3 Å². The van der Waals surface area contributed by atoms with Crippen LogP contribution in [0, 0.1) is 0 Å². The van der Waals surface area contributed by atoms with E-state index >= 15 is 0 Å². The van der Waals surface area contributed by atoms with Gasteiger partial charge in [0.05, 0.1) is 0 Å². The second kappa shape index (κ2) is 5.80. The first-order valence-corrected chi connectivity index (χ1v) is 4.71. The SMILES string of the molecule is CCNC(=O)COc1cccc(C=O)c1. The molecular formula is C11H13NO3. The number of carbonyl (C=O) groups is 2. The van der Waals surface area contributed by atoms with E-state index in [1.165, 1.54) is 0 Å². The fourth-order valence-electron chi connectivity index (χ4n) is 1.07. The molecule has 1 aromatic carbocycles. The lowest BCUT2D eigenvalue weighted by atomic mass is 10.2. The van der Waals surface area contributed by atoms with Crippen LogP contribution in [0.15, 0.2) is 24.3 Å². The number of hydrogen-bond acceptors (Lipinski definition) is 3. The first kappa shape index (κ1) is 11.2. The summed E-state index contributed by atoms with van der Waals surface area (Å²) < 4.78 is 5.19. The minimum absolute atomic E-state index is 0.0316. The van der Waals surface area contributed by atoms with E-state index in [0.29, 0.717) is 17.9 Å². The van der Waals surface area contributed by atoms with Crippen LogP contribution in [0.2, 0.25) is 0 Å². The molecule has 0 radical (unpaired) electrons. The lowest BCUT2D eigenvalue weighted by Gasteiger charge is -2.05. The molecule has 0 aliphatic rings. The summed E-state index contributed by atoms with van der Waals surface area (Å²) in [7, 11) is 0. The highest BCUT2D eigenvalue weighted by molar-refractivity contribution is 5.78. The van der Waals surface area contributed by atoms with Crippen molar-refractivity contribution in [2.45, 2.75) is 6.92 Å². The molecule has 1 amide bonds. The molecule has 0 atom stereocenters. The van der Waals surface area contributed by atoms with Crippen LogP contribution in [0.4, 0.5) is 0 Å². The summed E-state index contributed by atoms with van der Waals surface area (Å²) >= 11 is 0. The Labute approximate surface area is 88.2 Å². The van der Waals surface area contributed by atoms with Crippen LogP contribution in [-0.2, 0) is 4.79 Å². The standard InChI is InChI=1S/C11H13NO3/c1-2-12-11(14)8-15-10-5-3-4-9(6-10)7-13/h3-7H,2,8H2,1H3,(H,12,14). The quantitative estimate of drug-likeness (QED) is 0.733. The smallest absolute Gasteiger partial charge is 0.257 e. The van der Waals surface area contributed by atoms with Crippen molar-refractivity contribution < 1.29 is 14.3 Å². The number of benzene rings is 1. The molecule has 1 aromatic rings. The summed E-state index contributed by atoms with van der Waals surface area (Å²) in [6, 6.07) is 6.67. The van der Waals surface area contributed by atoms with Crippen molar-refractivity contribution in [1.29, 1.82) is 0 Å². The third kappa shape index (κ3) is 3.81. The highest BCUT2D eigenvalue weighted by atomic mass is 16.5. The Morgan fingerprint density at radius 2 is 2.33 bits per heavy atom. The van der Waals surface area contributed by atoms with Gasteiger partial charge in [-0.2, -0.15) is 0 Å². The predicted molar refractivity (Wildman–Crippen MR) is 56.0 cm³/mol. The maximum atomic E-state index is 11.1. The van der Waals surface area contributed by atoms with Gasteiger partial charge in [0.25, 0.3) is 5.91 Å². The molecule has 80 valence electrons. The highest BCUT2D eigenvalue weighted by Crippen LogP contribution is 2.11. The van der Waals surface area contributed by atoms with Gasteiger partial charge >= 0.3 is 0 Å². The third-order valence-corrected chi connectivity index (χ3v) is 1.74. The minimum atomic E-state index is -0.172. The van der Waals surface area contributed by atoms with E-state index in [2.05, 4.69) is 5.32 Å². The number of ether oxygens (including phenoxy) is 1. The maximum Gasteiger partial charge on any atom is 0.257 e. The Bertz CT molecular complexity index is 349. The molecule has 0 aliphatic carbocycles. The van der Waals surface area contributed by atoms with Crippen LogP contribution in [0.5, 0.6) is 5.75 Å². The van der Waals surface area contributed by atoms with Crippen LogP contribution in [0.3, 0.4) is 0 Å². The van der Waals surface area contributed by atoms with Crippen LogP contribution in [0.25, 0.3) is 0 Å². The normalized spacial score (nSPS) is 9.40.